The summed E-state index contributed by atoms with van der Waals surface area (Å²) in [7, 11) is 3.64. The van der Waals surface area contributed by atoms with E-state index >= 15 is 0 Å². The summed E-state index contributed by atoms with van der Waals surface area (Å²) >= 11 is 1.59. The van der Waals surface area contributed by atoms with Gasteiger partial charge in [-0.3, -0.25) is 0 Å². The first-order chi connectivity index (χ1) is 10.2. The molecule has 0 amide bonds. The highest BCUT2D eigenvalue weighted by Gasteiger charge is 2.09. The van der Waals surface area contributed by atoms with E-state index in [4.69, 9.17) is 10.00 Å². The van der Waals surface area contributed by atoms with Crippen LogP contribution in [0, 0.1) is 11.3 Å². The average molecular weight is 302 g/mol. The number of methoxy groups -OCH3 is 1. The van der Waals surface area contributed by atoms with E-state index in [2.05, 4.69) is 16.4 Å². The number of rotatable bonds is 7. The Bertz CT molecular complexity index is 620. The molecule has 0 spiro atoms. The van der Waals surface area contributed by atoms with Crippen LogP contribution in [0.4, 0.5) is 10.8 Å². The standard InChI is InChI=1S/C15H18N4OS/c1-19(14-5-3-4-12(8-14)9-16)15-18-13(11-21-15)10-17-6-7-20-2/h3-5,8,11,17H,6-7,10H2,1-2H3. The molecule has 110 valence electrons. The lowest BCUT2D eigenvalue weighted by molar-refractivity contribution is 0.199. The summed E-state index contributed by atoms with van der Waals surface area (Å²) in [4.78, 5) is 6.59. The maximum absolute atomic E-state index is 8.96. The molecule has 0 radical (unpaired) electrons. The maximum atomic E-state index is 8.96. The first-order valence-corrected chi connectivity index (χ1v) is 7.50. The Morgan fingerprint density at radius 1 is 1.48 bits per heavy atom. The molecule has 0 aliphatic carbocycles. The number of nitriles is 1. The van der Waals surface area contributed by atoms with Crippen molar-refractivity contribution in [2.75, 3.05) is 32.2 Å². The molecule has 0 saturated carbocycles. The molecule has 1 aromatic carbocycles. The number of anilines is 2. The van der Waals surface area contributed by atoms with Crippen molar-refractivity contribution in [2.45, 2.75) is 6.54 Å². The second kappa shape index (κ2) is 7.74. The molecule has 2 aromatic rings. The molecule has 21 heavy (non-hydrogen) atoms. The molecule has 0 unspecified atom stereocenters. The van der Waals surface area contributed by atoms with Crippen molar-refractivity contribution in [3.63, 3.8) is 0 Å². The lowest BCUT2D eigenvalue weighted by Crippen LogP contribution is -2.18. The van der Waals surface area contributed by atoms with Crippen molar-refractivity contribution in [3.8, 4) is 6.07 Å². The number of hydrogen-bond donors (Lipinski definition) is 1. The van der Waals surface area contributed by atoms with Crippen LogP contribution in [-0.2, 0) is 11.3 Å². The van der Waals surface area contributed by atoms with E-state index < -0.39 is 0 Å². The van der Waals surface area contributed by atoms with Crippen LogP contribution in [-0.4, -0.2) is 32.3 Å². The Morgan fingerprint density at radius 3 is 3.10 bits per heavy atom. The van der Waals surface area contributed by atoms with Crippen LogP contribution >= 0.6 is 11.3 Å². The highest BCUT2D eigenvalue weighted by molar-refractivity contribution is 7.13. The number of aromatic nitrogens is 1. The SMILES string of the molecule is COCCNCc1csc(N(C)c2cccc(C#N)c2)n1. The fourth-order valence-electron chi connectivity index (χ4n) is 1.82. The lowest BCUT2D eigenvalue weighted by Gasteiger charge is -2.15. The Hall–Kier alpha value is -1.94. The van der Waals surface area contributed by atoms with Crippen molar-refractivity contribution in [2.24, 2.45) is 0 Å². The van der Waals surface area contributed by atoms with E-state index in [9.17, 15) is 0 Å². The predicted octanol–water partition coefficient (Wildman–Crippen LogP) is 2.52. The molecular weight excluding hydrogens is 284 g/mol. The maximum Gasteiger partial charge on any atom is 0.189 e. The van der Waals surface area contributed by atoms with Crippen molar-refractivity contribution < 1.29 is 4.74 Å². The van der Waals surface area contributed by atoms with Crippen LogP contribution in [0.1, 0.15) is 11.3 Å². The van der Waals surface area contributed by atoms with Crippen LogP contribution in [0.15, 0.2) is 29.6 Å². The van der Waals surface area contributed by atoms with E-state index in [1.807, 2.05) is 35.5 Å². The number of benzene rings is 1. The van der Waals surface area contributed by atoms with Gasteiger partial charge in [-0.2, -0.15) is 5.26 Å². The first kappa shape index (κ1) is 15.4. The van der Waals surface area contributed by atoms with Gasteiger partial charge >= 0.3 is 0 Å². The van der Waals surface area contributed by atoms with Gasteiger partial charge in [-0.05, 0) is 18.2 Å². The number of nitrogens with zero attached hydrogens (tertiary/aromatic N) is 3. The van der Waals surface area contributed by atoms with Gasteiger partial charge in [-0.25, -0.2) is 4.98 Å². The predicted molar refractivity (Wildman–Crippen MR) is 84.9 cm³/mol. The lowest BCUT2D eigenvalue weighted by atomic mass is 10.2. The third-order valence-corrected chi connectivity index (χ3v) is 3.94. The molecule has 1 heterocycles. The molecule has 0 atom stereocenters. The average Bonchev–Trinajstić information content (AvgIpc) is 3.00. The third kappa shape index (κ3) is 4.26. The zero-order chi connectivity index (χ0) is 15.1. The minimum Gasteiger partial charge on any atom is -0.383 e. The smallest absolute Gasteiger partial charge is 0.189 e. The highest BCUT2D eigenvalue weighted by atomic mass is 32.1. The summed E-state index contributed by atoms with van der Waals surface area (Å²) in [5, 5.41) is 15.2. The Kier molecular flexibility index (Phi) is 5.69. The zero-order valence-corrected chi connectivity index (χ0v) is 13.0. The van der Waals surface area contributed by atoms with Crippen LogP contribution in [0.2, 0.25) is 0 Å². The van der Waals surface area contributed by atoms with Gasteiger partial charge in [0, 0.05) is 38.3 Å². The van der Waals surface area contributed by atoms with Crippen molar-refractivity contribution in [1.82, 2.24) is 10.3 Å². The summed E-state index contributed by atoms with van der Waals surface area (Å²) < 4.78 is 4.99. The number of thiazole rings is 1. The second-order valence-electron chi connectivity index (χ2n) is 4.51. The van der Waals surface area contributed by atoms with E-state index in [0.717, 1.165) is 29.6 Å². The molecular formula is C15H18N4OS. The van der Waals surface area contributed by atoms with Crippen LogP contribution in [0.5, 0.6) is 0 Å². The topological polar surface area (TPSA) is 61.2 Å². The van der Waals surface area contributed by atoms with E-state index in [1.54, 1.807) is 24.5 Å². The molecule has 0 saturated heterocycles. The fraction of sp³-hybridized carbons (Fsp3) is 0.333. The summed E-state index contributed by atoms with van der Waals surface area (Å²) in [6.07, 6.45) is 0. The van der Waals surface area contributed by atoms with Gasteiger partial charge in [0.25, 0.3) is 0 Å². The second-order valence-corrected chi connectivity index (χ2v) is 5.35. The van der Waals surface area contributed by atoms with Crippen molar-refractivity contribution in [1.29, 1.82) is 5.26 Å². The summed E-state index contributed by atoms with van der Waals surface area (Å²) in [6, 6.07) is 9.66. The van der Waals surface area contributed by atoms with Crippen LogP contribution in [0.3, 0.4) is 0 Å². The number of hydrogen-bond acceptors (Lipinski definition) is 6. The van der Waals surface area contributed by atoms with Gasteiger partial charge in [0.05, 0.1) is 23.9 Å². The molecule has 0 aliphatic heterocycles. The van der Waals surface area contributed by atoms with Crippen LogP contribution in [0.25, 0.3) is 0 Å². The zero-order valence-electron chi connectivity index (χ0n) is 12.2. The Balaban J connectivity index is 2.01. The van der Waals surface area contributed by atoms with Gasteiger partial charge in [-0.1, -0.05) is 6.07 Å². The van der Waals surface area contributed by atoms with Gasteiger partial charge < -0.3 is 15.0 Å². The minimum atomic E-state index is 0.650. The van der Waals surface area contributed by atoms with Gasteiger partial charge in [-0.15, -0.1) is 11.3 Å². The highest BCUT2D eigenvalue weighted by Crippen LogP contribution is 2.27. The van der Waals surface area contributed by atoms with E-state index in [1.165, 1.54) is 0 Å². The van der Waals surface area contributed by atoms with E-state index in [0.29, 0.717) is 12.2 Å². The molecule has 0 aliphatic rings. The molecule has 0 fully saturated rings. The van der Waals surface area contributed by atoms with Gasteiger partial charge in [0.15, 0.2) is 5.13 Å². The quantitative estimate of drug-likeness (QED) is 0.796. The summed E-state index contributed by atoms with van der Waals surface area (Å²) in [6.45, 7) is 2.23. The Morgan fingerprint density at radius 2 is 2.33 bits per heavy atom. The first-order valence-electron chi connectivity index (χ1n) is 6.62. The van der Waals surface area contributed by atoms with Gasteiger partial charge in [0.1, 0.15) is 0 Å². The minimum absolute atomic E-state index is 0.650. The fourth-order valence-corrected chi connectivity index (χ4v) is 2.63. The molecule has 0 bridgehead atoms. The largest absolute Gasteiger partial charge is 0.383 e. The molecule has 2 rings (SSSR count). The van der Waals surface area contributed by atoms with Gasteiger partial charge in [0.2, 0.25) is 0 Å². The van der Waals surface area contributed by atoms with Crippen molar-refractivity contribution >= 4 is 22.2 Å². The molecule has 5 nitrogen and oxygen atoms in total. The van der Waals surface area contributed by atoms with Crippen LogP contribution < -0.4 is 10.2 Å². The number of nitrogens with one attached hydrogen (secondary N) is 1. The monoisotopic (exact) mass is 302 g/mol. The van der Waals surface area contributed by atoms with Crippen molar-refractivity contribution in [3.05, 3.63) is 40.9 Å². The number of ether oxygens (including phenoxy) is 1. The normalized spacial score (nSPS) is 10.3. The summed E-state index contributed by atoms with van der Waals surface area (Å²) in [5.74, 6) is 0. The third-order valence-electron chi connectivity index (χ3n) is 2.98. The summed E-state index contributed by atoms with van der Waals surface area (Å²) in [5.41, 5.74) is 2.62. The van der Waals surface area contributed by atoms with E-state index in [-0.39, 0.29) is 0 Å². The molecule has 6 heteroatoms. The molecule has 1 N–H and O–H groups in total. The molecule has 1 aromatic heterocycles. The Labute approximate surface area is 128 Å².